The zero-order chi connectivity index (χ0) is 39.9. The average Bonchev–Trinajstić information content (AvgIpc) is 3.12. The number of unbranched alkanes of at least 4 members (excludes halogenated alkanes) is 24. The Kier molecular flexibility index (Phi) is 38.1. The first-order valence-electron chi connectivity index (χ1n) is 22.6. The number of hydrogen-bond acceptors (Lipinski definition) is 7. The van der Waals surface area contributed by atoms with Crippen LogP contribution in [0, 0.1) is 0 Å². The van der Waals surface area contributed by atoms with Gasteiger partial charge in [-0.15, -0.1) is 0 Å². The zero-order valence-electron chi connectivity index (χ0n) is 36.2. The third-order valence-corrected chi connectivity index (χ3v) is 10.7. The lowest BCUT2D eigenvalue weighted by Crippen LogP contribution is -2.37. The van der Waals surface area contributed by atoms with Crippen molar-refractivity contribution in [3.8, 4) is 0 Å². The van der Waals surface area contributed by atoms with E-state index in [2.05, 4.69) is 38.2 Å². The van der Waals surface area contributed by atoms with Gasteiger partial charge in [0.05, 0.1) is 34.4 Å². The fourth-order valence-corrected chi connectivity index (χ4v) is 6.95. The van der Waals surface area contributed by atoms with E-state index in [-0.39, 0.29) is 25.8 Å². The second-order valence-electron chi connectivity index (χ2n) is 16.4. The van der Waals surface area contributed by atoms with Gasteiger partial charge in [-0.25, -0.2) is 0 Å². The minimum atomic E-state index is -4.52. The molecular formula is C45H88NO7P. The van der Waals surface area contributed by atoms with Gasteiger partial charge in [0.25, 0.3) is 7.82 Å². The standard InChI is InChI=1S/C45H88NO7P/c1-6-8-10-12-14-16-18-20-21-22-23-24-25-27-29-31-33-35-37-40-50-42-44(43-52-54(48,49)51-41-39-46(3,4)5)53-45(47)38-36-34-32-30-28-26-19-17-15-13-11-9-7-2/h16,18,21-22,44H,6-15,17,19-20,23-43H2,1-5H3/b18-16-,22-21-. The summed E-state index contributed by atoms with van der Waals surface area (Å²) >= 11 is 0. The van der Waals surface area contributed by atoms with Crippen LogP contribution in [-0.2, 0) is 27.9 Å². The largest absolute Gasteiger partial charge is 0.756 e. The summed E-state index contributed by atoms with van der Waals surface area (Å²) in [4.78, 5) is 25.0. The van der Waals surface area contributed by atoms with Gasteiger partial charge in [0, 0.05) is 13.0 Å². The van der Waals surface area contributed by atoms with E-state index in [1.54, 1.807) is 0 Å². The highest BCUT2D eigenvalue weighted by molar-refractivity contribution is 7.45. The molecule has 0 amide bonds. The molecule has 0 aliphatic heterocycles. The molecule has 0 aliphatic rings. The van der Waals surface area contributed by atoms with Crippen molar-refractivity contribution < 1.29 is 37.3 Å². The number of quaternary nitrogens is 1. The molecule has 2 atom stereocenters. The Balaban J connectivity index is 4.19. The monoisotopic (exact) mass is 786 g/mol. The first-order valence-corrected chi connectivity index (χ1v) is 24.0. The predicted molar refractivity (Wildman–Crippen MR) is 227 cm³/mol. The van der Waals surface area contributed by atoms with Gasteiger partial charge in [0.15, 0.2) is 0 Å². The number of nitrogens with zero attached hydrogens (tertiary/aromatic N) is 1. The SMILES string of the molecule is CCCCCC/C=C\C/C=C\CCCCCCCCCCOCC(COP(=O)([O-])OCC[N+](C)(C)C)OC(=O)CCCCCCCCCCCCCCC. The normalized spacial score (nSPS) is 14.0. The Hall–Kier alpha value is -1.02. The fourth-order valence-electron chi connectivity index (χ4n) is 6.22. The van der Waals surface area contributed by atoms with E-state index >= 15 is 0 Å². The number of rotatable bonds is 42. The molecule has 0 aromatic heterocycles. The third-order valence-electron chi connectivity index (χ3n) is 9.76. The van der Waals surface area contributed by atoms with E-state index in [4.69, 9.17) is 18.5 Å². The highest BCUT2D eigenvalue weighted by Gasteiger charge is 2.20. The van der Waals surface area contributed by atoms with Crippen LogP contribution in [0.4, 0.5) is 0 Å². The molecule has 0 spiro atoms. The first-order chi connectivity index (χ1) is 26.1. The van der Waals surface area contributed by atoms with Gasteiger partial charge in [-0.2, -0.15) is 0 Å². The number of carbonyl (C=O) groups excluding carboxylic acids is 1. The minimum absolute atomic E-state index is 0.0268. The Morgan fingerprint density at radius 1 is 0.574 bits per heavy atom. The average molecular weight is 786 g/mol. The number of likely N-dealkylation sites (N-methyl/N-ethyl adjacent to an activating group) is 1. The maximum Gasteiger partial charge on any atom is 0.306 e. The number of phosphoric ester groups is 1. The molecule has 0 saturated heterocycles. The summed E-state index contributed by atoms with van der Waals surface area (Å²) in [5.41, 5.74) is 0. The summed E-state index contributed by atoms with van der Waals surface area (Å²) < 4.78 is 34.6. The maximum atomic E-state index is 12.7. The third kappa shape index (κ3) is 42.1. The van der Waals surface area contributed by atoms with Crippen LogP contribution in [0.3, 0.4) is 0 Å². The van der Waals surface area contributed by atoms with Crippen LogP contribution in [0.2, 0.25) is 0 Å². The molecule has 320 valence electrons. The van der Waals surface area contributed by atoms with Crippen LogP contribution in [0.15, 0.2) is 24.3 Å². The molecule has 0 radical (unpaired) electrons. The molecule has 0 rings (SSSR count). The van der Waals surface area contributed by atoms with E-state index in [0.717, 1.165) is 38.5 Å². The number of hydrogen-bond donors (Lipinski definition) is 0. The summed E-state index contributed by atoms with van der Waals surface area (Å²) in [6.45, 7) is 5.40. The van der Waals surface area contributed by atoms with Gasteiger partial charge < -0.3 is 27.9 Å². The van der Waals surface area contributed by atoms with Crippen molar-refractivity contribution >= 4 is 13.8 Å². The van der Waals surface area contributed by atoms with Gasteiger partial charge in [-0.3, -0.25) is 9.36 Å². The van der Waals surface area contributed by atoms with E-state index in [0.29, 0.717) is 24.1 Å². The van der Waals surface area contributed by atoms with E-state index in [1.165, 1.54) is 141 Å². The summed E-state index contributed by atoms with van der Waals surface area (Å²) in [5, 5.41) is 0. The van der Waals surface area contributed by atoms with Gasteiger partial charge in [0.1, 0.15) is 19.3 Å². The molecule has 0 bridgehead atoms. The van der Waals surface area contributed by atoms with Crippen LogP contribution in [0.5, 0.6) is 0 Å². The van der Waals surface area contributed by atoms with Crippen molar-refractivity contribution in [2.45, 2.75) is 206 Å². The molecule has 0 aromatic rings. The van der Waals surface area contributed by atoms with Crippen molar-refractivity contribution in [3.05, 3.63) is 24.3 Å². The highest BCUT2D eigenvalue weighted by atomic mass is 31.2. The summed E-state index contributed by atoms with van der Waals surface area (Å²) in [6.07, 6.45) is 43.3. The summed E-state index contributed by atoms with van der Waals surface area (Å²) in [7, 11) is 1.36. The first kappa shape index (κ1) is 53.0. The summed E-state index contributed by atoms with van der Waals surface area (Å²) in [5.74, 6) is -0.335. The topological polar surface area (TPSA) is 94.1 Å². The lowest BCUT2D eigenvalue weighted by atomic mass is 10.0. The molecule has 0 aromatic carbocycles. The van der Waals surface area contributed by atoms with Crippen LogP contribution in [0.25, 0.3) is 0 Å². The molecule has 0 fully saturated rings. The lowest BCUT2D eigenvalue weighted by Gasteiger charge is -2.28. The second-order valence-corrected chi connectivity index (χ2v) is 17.8. The molecule has 0 saturated carbocycles. The smallest absolute Gasteiger partial charge is 0.306 e. The highest BCUT2D eigenvalue weighted by Crippen LogP contribution is 2.38. The quantitative estimate of drug-likeness (QED) is 0.0200. The van der Waals surface area contributed by atoms with Crippen LogP contribution < -0.4 is 4.89 Å². The fraction of sp³-hybridized carbons (Fsp3) is 0.889. The number of carbonyl (C=O) groups is 1. The molecule has 54 heavy (non-hydrogen) atoms. The van der Waals surface area contributed by atoms with Crippen molar-refractivity contribution in [2.24, 2.45) is 0 Å². The molecular weight excluding hydrogens is 697 g/mol. The van der Waals surface area contributed by atoms with Crippen molar-refractivity contribution in [1.29, 1.82) is 0 Å². The van der Waals surface area contributed by atoms with E-state index < -0.39 is 13.9 Å². The number of phosphoric acid groups is 1. The maximum absolute atomic E-state index is 12.7. The number of ether oxygens (including phenoxy) is 2. The molecule has 0 aliphatic carbocycles. The Bertz CT molecular complexity index is 920. The van der Waals surface area contributed by atoms with Crippen molar-refractivity contribution in [2.75, 3.05) is 54.1 Å². The number of esters is 1. The minimum Gasteiger partial charge on any atom is -0.756 e. The van der Waals surface area contributed by atoms with Gasteiger partial charge in [-0.1, -0.05) is 173 Å². The number of allylic oxidation sites excluding steroid dienone is 4. The molecule has 2 unspecified atom stereocenters. The Labute approximate surface area is 334 Å². The van der Waals surface area contributed by atoms with Gasteiger partial charge in [-0.05, 0) is 44.9 Å². The predicted octanol–water partition coefficient (Wildman–Crippen LogP) is 12.6. The summed E-state index contributed by atoms with van der Waals surface area (Å²) in [6, 6.07) is 0. The van der Waals surface area contributed by atoms with Gasteiger partial charge in [0.2, 0.25) is 0 Å². The zero-order valence-corrected chi connectivity index (χ0v) is 37.1. The van der Waals surface area contributed by atoms with Crippen molar-refractivity contribution in [1.82, 2.24) is 0 Å². The van der Waals surface area contributed by atoms with E-state index in [1.807, 2.05) is 21.1 Å². The lowest BCUT2D eigenvalue weighted by molar-refractivity contribution is -0.870. The van der Waals surface area contributed by atoms with E-state index in [9.17, 15) is 14.3 Å². The molecule has 0 heterocycles. The van der Waals surface area contributed by atoms with Crippen LogP contribution >= 0.6 is 7.82 Å². The van der Waals surface area contributed by atoms with Crippen LogP contribution in [0.1, 0.15) is 200 Å². The van der Waals surface area contributed by atoms with Gasteiger partial charge >= 0.3 is 5.97 Å². The second kappa shape index (κ2) is 38.8. The van der Waals surface area contributed by atoms with Crippen molar-refractivity contribution in [3.63, 3.8) is 0 Å². The van der Waals surface area contributed by atoms with Crippen LogP contribution in [-0.4, -0.2) is 70.7 Å². The Morgan fingerprint density at radius 3 is 1.52 bits per heavy atom. The molecule has 0 N–H and O–H groups in total. The molecule has 9 heteroatoms. The molecule has 8 nitrogen and oxygen atoms in total. The Morgan fingerprint density at radius 2 is 1.02 bits per heavy atom.